The number of sulfonamides is 1. The Bertz CT molecular complexity index is 512. The standard InChI is InChI=1S/C17H37N5O3S/c1-6-20(7-2)9-8-19-17(18-5)21-10-12-22(13-11-21)26(23,24)15-14-25-16(3)4/h16H,6-15H2,1-5H3,(H,18,19). The van der Waals surface area contributed by atoms with Crippen LogP contribution in [0.1, 0.15) is 27.7 Å². The van der Waals surface area contributed by atoms with Gasteiger partial charge in [0.05, 0.1) is 18.5 Å². The summed E-state index contributed by atoms with van der Waals surface area (Å²) in [4.78, 5) is 8.82. The van der Waals surface area contributed by atoms with Crippen LogP contribution in [0.25, 0.3) is 0 Å². The first-order valence-electron chi connectivity index (χ1n) is 9.61. The maximum Gasteiger partial charge on any atom is 0.216 e. The number of hydrogen-bond donors (Lipinski definition) is 1. The zero-order valence-corrected chi connectivity index (χ0v) is 17.9. The van der Waals surface area contributed by atoms with E-state index in [4.69, 9.17) is 4.74 Å². The monoisotopic (exact) mass is 391 g/mol. The molecule has 26 heavy (non-hydrogen) atoms. The Morgan fingerprint density at radius 1 is 1.19 bits per heavy atom. The molecular weight excluding hydrogens is 354 g/mol. The summed E-state index contributed by atoms with van der Waals surface area (Å²) in [5.41, 5.74) is 0. The van der Waals surface area contributed by atoms with E-state index >= 15 is 0 Å². The van der Waals surface area contributed by atoms with Gasteiger partial charge in [-0.1, -0.05) is 13.8 Å². The summed E-state index contributed by atoms with van der Waals surface area (Å²) in [6.07, 6.45) is 0.0489. The van der Waals surface area contributed by atoms with Crippen LogP contribution in [0.15, 0.2) is 4.99 Å². The van der Waals surface area contributed by atoms with E-state index in [1.54, 1.807) is 11.4 Å². The van der Waals surface area contributed by atoms with Gasteiger partial charge in [-0.05, 0) is 26.9 Å². The highest BCUT2D eigenvalue weighted by Gasteiger charge is 2.27. The normalized spacial score (nSPS) is 17.3. The van der Waals surface area contributed by atoms with E-state index in [9.17, 15) is 8.42 Å². The van der Waals surface area contributed by atoms with Crippen LogP contribution < -0.4 is 5.32 Å². The van der Waals surface area contributed by atoms with Crippen molar-refractivity contribution in [2.24, 2.45) is 4.99 Å². The van der Waals surface area contributed by atoms with Gasteiger partial charge in [0.1, 0.15) is 0 Å². The fourth-order valence-corrected chi connectivity index (χ4v) is 4.18. The van der Waals surface area contributed by atoms with Crippen molar-refractivity contribution in [1.29, 1.82) is 0 Å². The maximum atomic E-state index is 12.4. The molecule has 0 radical (unpaired) electrons. The molecule has 1 fully saturated rings. The number of piperazine rings is 1. The molecule has 0 amide bonds. The number of rotatable bonds is 10. The molecule has 0 aromatic rings. The van der Waals surface area contributed by atoms with Crippen molar-refractivity contribution >= 4 is 16.0 Å². The van der Waals surface area contributed by atoms with Crippen LogP contribution in [-0.4, -0.2) is 106 Å². The molecule has 1 rings (SSSR count). The Hall–Kier alpha value is -0.900. The predicted molar refractivity (Wildman–Crippen MR) is 107 cm³/mol. The molecule has 1 heterocycles. The van der Waals surface area contributed by atoms with Gasteiger partial charge in [-0.3, -0.25) is 4.99 Å². The molecule has 0 saturated carbocycles. The fraction of sp³-hybridized carbons (Fsp3) is 0.941. The van der Waals surface area contributed by atoms with Crippen LogP contribution in [-0.2, 0) is 14.8 Å². The summed E-state index contributed by atoms with van der Waals surface area (Å²) in [6, 6.07) is 0. The highest BCUT2D eigenvalue weighted by Crippen LogP contribution is 2.09. The van der Waals surface area contributed by atoms with Crippen molar-refractivity contribution in [2.45, 2.75) is 33.8 Å². The van der Waals surface area contributed by atoms with Crippen LogP contribution >= 0.6 is 0 Å². The van der Waals surface area contributed by atoms with Gasteiger partial charge in [0.2, 0.25) is 10.0 Å². The lowest BCUT2D eigenvalue weighted by molar-refractivity contribution is 0.0904. The second-order valence-electron chi connectivity index (χ2n) is 6.62. The van der Waals surface area contributed by atoms with Gasteiger partial charge >= 0.3 is 0 Å². The minimum absolute atomic E-state index is 0.0437. The van der Waals surface area contributed by atoms with E-state index in [2.05, 4.69) is 34.0 Å². The van der Waals surface area contributed by atoms with E-state index in [0.29, 0.717) is 26.2 Å². The molecule has 0 bridgehead atoms. The van der Waals surface area contributed by atoms with Crippen molar-refractivity contribution in [2.75, 3.05) is 71.8 Å². The maximum absolute atomic E-state index is 12.4. The molecular formula is C17H37N5O3S. The quantitative estimate of drug-likeness (QED) is 0.426. The minimum atomic E-state index is -3.26. The number of nitrogens with zero attached hydrogens (tertiary/aromatic N) is 4. The minimum Gasteiger partial charge on any atom is -0.378 e. The second-order valence-corrected chi connectivity index (χ2v) is 8.71. The van der Waals surface area contributed by atoms with E-state index in [1.807, 2.05) is 13.8 Å². The Morgan fingerprint density at radius 2 is 1.81 bits per heavy atom. The first-order valence-corrected chi connectivity index (χ1v) is 11.2. The third kappa shape index (κ3) is 7.77. The Morgan fingerprint density at radius 3 is 2.31 bits per heavy atom. The number of aliphatic imine (C=N–C) groups is 1. The predicted octanol–water partition coefficient (Wildman–Crippen LogP) is 0.276. The van der Waals surface area contributed by atoms with E-state index in [1.165, 1.54) is 0 Å². The number of guanidine groups is 1. The lowest BCUT2D eigenvalue weighted by Gasteiger charge is -2.36. The summed E-state index contributed by atoms with van der Waals surface area (Å²) in [7, 11) is -1.49. The zero-order chi connectivity index (χ0) is 19.6. The van der Waals surface area contributed by atoms with Crippen molar-refractivity contribution in [3.8, 4) is 0 Å². The summed E-state index contributed by atoms with van der Waals surface area (Å²) in [6.45, 7) is 14.5. The number of nitrogens with one attached hydrogen (secondary N) is 1. The Kier molecular flexibility index (Phi) is 10.4. The van der Waals surface area contributed by atoms with E-state index in [0.717, 1.165) is 32.1 Å². The first kappa shape index (κ1) is 23.1. The van der Waals surface area contributed by atoms with E-state index < -0.39 is 10.0 Å². The lowest BCUT2D eigenvalue weighted by Crippen LogP contribution is -2.54. The molecule has 9 heteroatoms. The van der Waals surface area contributed by atoms with Crippen LogP contribution in [0.2, 0.25) is 0 Å². The van der Waals surface area contributed by atoms with Gasteiger partial charge in [-0.2, -0.15) is 4.31 Å². The number of likely N-dealkylation sites (N-methyl/N-ethyl adjacent to an activating group) is 1. The number of ether oxygens (including phenoxy) is 1. The largest absolute Gasteiger partial charge is 0.378 e. The van der Waals surface area contributed by atoms with Crippen LogP contribution in [0.5, 0.6) is 0 Å². The highest BCUT2D eigenvalue weighted by molar-refractivity contribution is 7.89. The lowest BCUT2D eigenvalue weighted by atomic mass is 10.4. The topological polar surface area (TPSA) is 77.5 Å². The van der Waals surface area contributed by atoms with Gasteiger partial charge < -0.3 is 19.9 Å². The van der Waals surface area contributed by atoms with Crippen LogP contribution in [0, 0.1) is 0 Å². The summed E-state index contributed by atoms with van der Waals surface area (Å²) < 4.78 is 31.7. The molecule has 0 aromatic heterocycles. The van der Waals surface area contributed by atoms with Crippen molar-refractivity contribution in [3.63, 3.8) is 0 Å². The summed E-state index contributed by atoms with van der Waals surface area (Å²) >= 11 is 0. The van der Waals surface area contributed by atoms with Crippen molar-refractivity contribution in [3.05, 3.63) is 0 Å². The van der Waals surface area contributed by atoms with Gasteiger partial charge in [-0.25, -0.2) is 8.42 Å². The molecule has 1 N–H and O–H groups in total. The third-order valence-corrected chi connectivity index (χ3v) is 6.38. The van der Waals surface area contributed by atoms with Crippen LogP contribution in [0.3, 0.4) is 0 Å². The summed E-state index contributed by atoms with van der Waals surface area (Å²) in [5.74, 6) is 0.888. The first-order chi connectivity index (χ1) is 12.3. The molecule has 0 unspecified atom stereocenters. The van der Waals surface area contributed by atoms with Crippen molar-refractivity contribution < 1.29 is 13.2 Å². The van der Waals surface area contributed by atoms with Crippen LogP contribution in [0.4, 0.5) is 0 Å². The molecule has 0 spiro atoms. The fourth-order valence-electron chi connectivity index (χ4n) is 2.89. The zero-order valence-electron chi connectivity index (χ0n) is 17.1. The van der Waals surface area contributed by atoms with Gasteiger partial charge in [-0.15, -0.1) is 0 Å². The molecule has 154 valence electrons. The number of hydrogen-bond acceptors (Lipinski definition) is 5. The SMILES string of the molecule is CCN(CC)CCNC(=NC)N1CCN(S(=O)(=O)CCOC(C)C)CC1. The van der Waals surface area contributed by atoms with E-state index in [-0.39, 0.29) is 18.5 Å². The molecule has 1 aliphatic heterocycles. The average Bonchev–Trinajstić information content (AvgIpc) is 2.62. The smallest absolute Gasteiger partial charge is 0.216 e. The van der Waals surface area contributed by atoms with Gasteiger partial charge in [0, 0.05) is 46.3 Å². The molecule has 1 saturated heterocycles. The molecule has 1 aliphatic rings. The average molecular weight is 392 g/mol. The molecule has 8 nitrogen and oxygen atoms in total. The second kappa shape index (κ2) is 11.7. The third-order valence-electron chi connectivity index (χ3n) is 4.54. The summed E-state index contributed by atoms with van der Waals surface area (Å²) in [5, 5.41) is 3.38. The Balaban J connectivity index is 2.43. The van der Waals surface area contributed by atoms with Gasteiger partial charge in [0.25, 0.3) is 0 Å². The highest BCUT2D eigenvalue weighted by atomic mass is 32.2. The molecule has 0 aliphatic carbocycles. The molecule has 0 aromatic carbocycles. The van der Waals surface area contributed by atoms with Crippen molar-refractivity contribution in [1.82, 2.24) is 19.4 Å². The van der Waals surface area contributed by atoms with Gasteiger partial charge in [0.15, 0.2) is 5.96 Å². The Labute approximate surface area is 159 Å². The molecule has 0 atom stereocenters.